The topological polar surface area (TPSA) is 398 Å². The van der Waals surface area contributed by atoms with E-state index in [9.17, 15) is 44.1 Å². The fourth-order valence-electron chi connectivity index (χ4n) is 4.08. The molecule has 0 aromatic heterocycles. The predicted molar refractivity (Wildman–Crippen MR) is 176 cm³/mol. The zero-order valence-corrected chi connectivity index (χ0v) is 27.6. The number of guanidine groups is 2. The summed E-state index contributed by atoms with van der Waals surface area (Å²) in [5, 5.41) is 49.0. The first-order chi connectivity index (χ1) is 23.0. The monoisotopic (exact) mass is 704 g/mol. The molecule has 0 aliphatic carbocycles. The van der Waals surface area contributed by atoms with Crippen molar-refractivity contribution in [2.75, 3.05) is 32.9 Å². The lowest BCUT2D eigenvalue weighted by Crippen LogP contribution is -2.60. The number of aliphatic imine (C=N–C) groups is 2. The molecule has 0 unspecified atom stereocenters. The maximum absolute atomic E-state index is 13.6. The second-order valence-corrected chi connectivity index (χ2v) is 11.3. The van der Waals surface area contributed by atoms with Gasteiger partial charge in [-0.05, 0) is 38.0 Å². The maximum Gasteiger partial charge on any atom is 0.328 e. The summed E-state index contributed by atoms with van der Waals surface area (Å²) < 4.78 is 0. The Morgan fingerprint density at radius 3 is 1.31 bits per heavy atom. The van der Waals surface area contributed by atoms with Crippen LogP contribution in [0.25, 0.3) is 0 Å². The SMILES string of the molecule is CC(C)C[C@H](NC(=O)[C@@H](N)CO)C(=O)N[C@@H](CCCN=C(N)N)C(=O)N[C@@H](CCCN=C(N)N)C(=O)N[C@@H](CO)C(=O)N[C@@H](CO)C(=O)O. The number of nitrogens with zero attached hydrogens (tertiary/aromatic N) is 2. The lowest BCUT2D eigenvalue weighted by molar-refractivity contribution is -0.143. The summed E-state index contributed by atoms with van der Waals surface area (Å²) in [6.45, 7) is 1.06. The Bertz CT molecular complexity index is 1160. The van der Waals surface area contributed by atoms with Crippen molar-refractivity contribution in [2.45, 2.75) is 82.2 Å². The van der Waals surface area contributed by atoms with Crippen LogP contribution in [0.15, 0.2) is 9.98 Å². The average Bonchev–Trinajstić information content (AvgIpc) is 3.03. The number of nitrogens with two attached hydrogens (primary N) is 5. The molecule has 280 valence electrons. The van der Waals surface area contributed by atoms with E-state index in [0.29, 0.717) is 0 Å². The van der Waals surface area contributed by atoms with Gasteiger partial charge in [-0.15, -0.1) is 0 Å². The number of nitrogens with one attached hydrogen (secondary N) is 5. The summed E-state index contributed by atoms with van der Waals surface area (Å²) >= 11 is 0. The Labute approximate surface area is 283 Å². The van der Waals surface area contributed by atoms with E-state index in [2.05, 4.69) is 31.3 Å². The van der Waals surface area contributed by atoms with Crippen molar-refractivity contribution >= 4 is 47.4 Å². The standard InChI is InChI=1S/C27H52N12O10/c1-13(2)9-17(37-20(43)14(28)10-40)23(46)36-15(5-3-7-33-26(29)30)21(44)35-16(6-4-8-34-27(31)32)22(45)38-18(11-41)24(47)39-19(12-42)25(48)49/h13-19,40-42H,3-12,28H2,1-2H3,(H,35,44)(H,36,46)(H,37,43)(H,38,45)(H,39,47)(H,48,49)(H4,29,30,33)(H4,31,32,34)/t14-,15-,16-,17-,18-,19-/m0/s1. The lowest BCUT2D eigenvalue weighted by atomic mass is 10.0. The fraction of sp³-hybridized carbons (Fsp3) is 0.704. The van der Waals surface area contributed by atoms with Crippen LogP contribution < -0.4 is 55.3 Å². The van der Waals surface area contributed by atoms with Crippen LogP contribution in [0.5, 0.6) is 0 Å². The fourth-order valence-corrected chi connectivity index (χ4v) is 4.08. The number of carbonyl (C=O) groups is 6. The molecule has 19 N–H and O–H groups in total. The highest BCUT2D eigenvalue weighted by Crippen LogP contribution is 2.09. The van der Waals surface area contributed by atoms with E-state index in [1.807, 2.05) is 5.32 Å². The zero-order chi connectivity index (χ0) is 37.7. The number of carbonyl (C=O) groups excluding carboxylic acids is 5. The second kappa shape index (κ2) is 23.5. The van der Waals surface area contributed by atoms with Crippen molar-refractivity contribution in [3.63, 3.8) is 0 Å². The van der Waals surface area contributed by atoms with Crippen molar-refractivity contribution in [1.82, 2.24) is 26.6 Å². The molecule has 22 heteroatoms. The molecule has 5 amide bonds. The van der Waals surface area contributed by atoms with Crippen LogP contribution in [0.4, 0.5) is 0 Å². The summed E-state index contributed by atoms with van der Waals surface area (Å²) in [4.78, 5) is 84.1. The quantitative estimate of drug-likeness (QED) is 0.0252. The smallest absolute Gasteiger partial charge is 0.328 e. The number of amides is 5. The second-order valence-electron chi connectivity index (χ2n) is 11.3. The Hall–Kier alpha value is -4.80. The summed E-state index contributed by atoms with van der Waals surface area (Å²) in [7, 11) is 0. The third-order valence-corrected chi connectivity index (χ3v) is 6.64. The van der Waals surface area contributed by atoms with E-state index in [0.717, 1.165) is 0 Å². The van der Waals surface area contributed by atoms with Crippen LogP contribution in [0.2, 0.25) is 0 Å². The molecule has 0 aromatic rings. The molecule has 0 aliphatic rings. The minimum atomic E-state index is -1.72. The molecule has 0 spiro atoms. The molecule has 0 rings (SSSR count). The molecular weight excluding hydrogens is 652 g/mol. The number of aliphatic carboxylic acids is 1. The summed E-state index contributed by atoms with van der Waals surface area (Å²) in [6, 6.07) is -8.58. The number of rotatable bonds is 24. The van der Waals surface area contributed by atoms with Gasteiger partial charge < -0.3 is 75.7 Å². The first-order valence-electron chi connectivity index (χ1n) is 15.4. The van der Waals surface area contributed by atoms with Crippen LogP contribution >= 0.6 is 0 Å². The average molecular weight is 705 g/mol. The highest BCUT2D eigenvalue weighted by molar-refractivity contribution is 5.96. The van der Waals surface area contributed by atoms with E-state index in [-0.39, 0.29) is 63.0 Å². The Kier molecular flexibility index (Phi) is 21.2. The van der Waals surface area contributed by atoms with Gasteiger partial charge in [0.15, 0.2) is 11.9 Å². The molecule has 0 heterocycles. The highest BCUT2D eigenvalue weighted by Gasteiger charge is 2.32. The van der Waals surface area contributed by atoms with Gasteiger partial charge in [-0.3, -0.25) is 34.0 Å². The van der Waals surface area contributed by atoms with Crippen LogP contribution in [0, 0.1) is 5.92 Å². The number of carboxylic acids is 1. The van der Waals surface area contributed by atoms with E-state index in [4.69, 9.17) is 33.8 Å². The molecule has 49 heavy (non-hydrogen) atoms. The number of hydrogen-bond donors (Lipinski definition) is 14. The Balaban J connectivity index is 6.25. The molecule has 0 radical (unpaired) electrons. The summed E-state index contributed by atoms with van der Waals surface area (Å²) in [6.07, 6.45) is 0.290. The number of aliphatic hydroxyl groups excluding tert-OH is 3. The molecule has 0 aromatic carbocycles. The molecule has 6 atom stereocenters. The van der Waals surface area contributed by atoms with E-state index >= 15 is 0 Å². The van der Waals surface area contributed by atoms with Crippen LogP contribution in [-0.4, -0.2) is 137 Å². The molecule has 0 aliphatic heterocycles. The third kappa shape index (κ3) is 18.4. The van der Waals surface area contributed by atoms with E-state index in [1.165, 1.54) is 0 Å². The van der Waals surface area contributed by atoms with Crippen molar-refractivity contribution in [1.29, 1.82) is 0 Å². The van der Waals surface area contributed by atoms with Crippen molar-refractivity contribution in [2.24, 2.45) is 44.6 Å². The van der Waals surface area contributed by atoms with E-state index < -0.39 is 91.6 Å². The van der Waals surface area contributed by atoms with E-state index in [1.54, 1.807) is 13.8 Å². The van der Waals surface area contributed by atoms with Gasteiger partial charge in [-0.25, -0.2) is 4.79 Å². The minimum Gasteiger partial charge on any atom is -0.480 e. The van der Waals surface area contributed by atoms with Gasteiger partial charge in [0.25, 0.3) is 0 Å². The third-order valence-electron chi connectivity index (χ3n) is 6.64. The van der Waals surface area contributed by atoms with Gasteiger partial charge in [-0.2, -0.15) is 0 Å². The minimum absolute atomic E-state index is 0.0356. The molecular formula is C27H52N12O10. The van der Waals surface area contributed by atoms with Crippen molar-refractivity contribution < 1.29 is 49.2 Å². The summed E-state index contributed by atoms with van der Waals surface area (Å²) in [5.74, 6) is -6.65. The summed E-state index contributed by atoms with van der Waals surface area (Å²) in [5.41, 5.74) is 27.0. The van der Waals surface area contributed by atoms with Crippen LogP contribution in [-0.2, 0) is 28.8 Å². The highest BCUT2D eigenvalue weighted by atomic mass is 16.4. The lowest BCUT2D eigenvalue weighted by Gasteiger charge is -2.27. The first-order valence-corrected chi connectivity index (χ1v) is 15.4. The zero-order valence-electron chi connectivity index (χ0n) is 27.6. The maximum atomic E-state index is 13.6. The van der Waals surface area contributed by atoms with Gasteiger partial charge in [0, 0.05) is 13.1 Å². The molecule has 0 saturated heterocycles. The molecule has 0 fully saturated rings. The first kappa shape index (κ1) is 44.2. The normalized spacial score (nSPS) is 14.5. The molecule has 22 nitrogen and oxygen atoms in total. The predicted octanol–water partition coefficient (Wildman–Crippen LogP) is -7.05. The van der Waals surface area contributed by atoms with Crippen LogP contribution in [0.1, 0.15) is 46.0 Å². The Morgan fingerprint density at radius 1 is 0.571 bits per heavy atom. The number of aliphatic hydroxyl groups is 3. The molecule has 0 saturated carbocycles. The molecule has 0 bridgehead atoms. The van der Waals surface area contributed by atoms with Crippen molar-refractivity contribution in [3.05, 3.63) is 0 Å². The van der Waals surface area contributed by atoms with Gasteiger partial charge in [0.05, 0.1) is 19.8 Å². The number of hydrogen-bond acceptors (Lipinski definition) is 12. The van der Waals surface area contributed by atoms with Gasteiger partial charge in [0.1, 0.15) is 36.3 Å². The Morgan fingerprint density at radius 2 is 0.939 bits per heavy atom. The van der Waals surface area contributed by atoms with Gasteiger partial charge in [-0.1, -0.05) is 13.8 Å². The van der Waals surface area contributed by atoms with Crippen LogP contribution in [0.3, 0.4) is 0 Å². The van der Waals surface area contributed by atoms with Gasteiger partial charge >= 0.3 is 5.97 Å². The largest absolute Gasteiger partial charge is 0.480 e. The van der Waals surface area contributed by atoms with Crippen molar-refractivity contribution in [3.8, 4) is 0 Å². The number of carboxylic acid groups (broad SMARTS) is 1. The van der Waals surface area contributed by atoms with Gasteiger partial charge in [0.2, 0.25) is 29.5 Å².